The lowest BCUT2D eigenvalue weighted by molar-refractivity contribution is -0.274. The van der Waals surface area contributed by atoms with Gasteiger partial charge in [-0.3, -0.25) is 20.4 Å². The monoisotopic (exact) mass is 625 g/mol. The van der Waals surface area contributed by atoms with Crippen molar-refractivity contribution in [3.05, 3.63) is 86.9 Å². The Morgan fingerprint density at radius 1 is 0.868 bits per heavy atom. The number of halogens is 8. The van der Waals surface area contributed by atoms with Crippen LogP contribution in [0, 0.1) is 5.92 Å². The Kier molecular flexibility index (Phi) is 8.16. The van der Waals surface area contributed by atoms with Crippen LogP contribution in [0.5, 0.6) is 5.75 Å². The first-order valence-corrected chi connectivity index (χ1v) is 12.5. The summed E-state index contributed by atoms with van der Waals surface area (Å²) in [5, 5.41) is 3.49. The first kappa shape index (κ1) is 28.4. The molecule has 1 aliphatic carbocycles. The van der Waals surface area contributed by atoms with E-state index in [0.29, 0.717) is 15.6 Å². The summed E-state index contributed by atoms with van der Waals surface area (Å²) in [4.78, 5) is 25.6. The van der Waals surface area contributed by atoms with Gasteiger partial charge in [0.15, 0.2) is 0 Å². The minimum atomic E-state index is -4.82. The van der Waals surface area contributed by atoms with E-state index in [0.717, 1.165) is 12.1 Å². The molecule has 6 nitrogen and oxygen atoms in total. The van der Waals surface area contributed by atoms with Crippen LogP contribution in [0.1, 0.15) is 21.8 Å². The third-order valence-corrected chi connectivity index (χ3v) is 7.17. The van der Waals surface area contributed by atoms with Crippen molar-refractivity contribution in [3.8, 4) is 5.75 Å². The Balaban J connectivity index is 1.41. The second-order valence-corrected chi connectivity index (χ2v) is 10.9. The van der Waals surface area contributed by atoms with Gasteiger partial charge < -0.3 is 10.1 Å². The van der Waals surface area contributed by atoms with Gasteiger partial charge in [0, 0.05) is 21.7 Å². The van der Waals surface area contributed by atoms with Crippen molar-refractivity contribution in [1.82, 2.24) is 5.43 Å². The highest BCUT2D eigenvalue weighted by atomic mass is 35.5. The van der Waals surface area contributed by atoms with Crippen molar-refractivity contribution in [2.24, 2.45) is 5.92 Å². The molecule has 2 atom stereocenters. The van der Waals surface area contributed by atoms with Gasteiger partial charge in [-0.25, -0.2) is 0 Å². The number of hydrogen-bond donors (Lipinski definition) is 3. The van der Waals surface area contributed by atoms with Crippen LogP contribution in [-0.4, -0.2) is 22.5 Å². The smallest absolute Gasteiger partial charge is 0.406 e. The summed E-state index contributed by atoms with van der Waals surface area (Å²) in [7, 11) is 0. The molecule has 0 saturated heterocycles. The van der Waals surface area contributed by atoms with Gasteiger partial charge >= 0.3 is 6.36 Å². The number of ether oxygens (including phenoxy) is 1. The summed E-state index contributed by atoms with van der Waals surface area (Å²) in [6.07, 6.45) is -4.82. The highest BCUT2D eigenvalue weighted by Crippen LogP contribution is 2.65. The zero-order chi connectivity index (χ0) is 27.8. The molecule has 3 aromatic carbocycles. The molecule has 1 fully saturated rings. The largest absolute Gasteiger partial charge is 0.573 e. The quantitative estimate of drug-likeness (QED) is 0.184. The first-order chi connectivity index (χ1) is 17.7. The number of hydrogen-bond acceptors (Lipinski definition) is 4. The molecule has 1 aliphatic rings. The van der Waals surface area contributed by atoms with Crippen molar-refractivity contribution in [3.63, 3.8) is 0 Å². The lowest BCUT2D eigenvalue weighted by Gasteiger charge is -2.13. The fraction of sp³-hybridized carbons (Fsp3) is 0.167. The molecule has 0 bridgehead atoms. The van der Waals surface area contributed by atoms with Crippen LogP contribution in [0.4, 0.5) is 24.5 Å². The average molecular weight is 628 g/mol. The predicted molar refractivity (Wildman–Crippen MR) is 141 cm³/mol. The number of nitrogens with one attached hydrogen (secondary N) is 3. The number of rotatable bonds is 7. The van der Waals surface area contributed by atoms with Crippen LogP contribution >= 0.6 is 58.0 Å². The Morgan fingerprint density at radius 3 is 2.08 bits per heavy atom. The van der Waals surface area contributed by atoms with Crippen molar-refractivity contribution in [2.45, 2.75) is 16.6 Å². The summed E-state index contributed by atoms with van der Waals surface area (Å²) >= 11 is 31.0. The molecule has 3 N–H and O–H groups in total. The maximum absolute atomic E-state index is 13.0. The zero-order valence-electron chi connectivity index (χ0n) is 18.7. The van der Waals surface area contributed by atoms with Gasteiger partial charge in [0.25, 0.3) is 5.91 Å². The minimum absolute atomic E-state index is 0.00553. The molecule has 0 heterocycles. The first-order valence-electron chi connectivity index (χ1n) is 10.6. The molecule has 2 unspecified atom stereocenters. The molecule has 4 rings (SSSR count). The summed E-state index contributed by atoms with van der Waals surface area (Å²) in [6.45, 7) is 0. The molecule has 14 heteroatoms. The van der Waals surface area contributed by atoms with Gasteiger partial charge in [-0.1, -0.05) is 34.8 Å². The maximum Gasteiger partial charge on any atom is 0.573 e. The van der Waals surface area contributed by atoms with E-state index in [4.69, 9.17) is 58.0 Å². The molecule has 3 aromatic rings. The van der Waals surface area contributed by atoms with Gasteiger partial charge in [-0.2, -0.15) is 0 Å². The van der Waals surface area contributed by atoms with Crippen molar-refractivity contribution < 1.29 is 27.5 Å². The van der Waals surface area contributed by atoms with Gasteiger partial charge in [0.2, 0.25) is 5.91 Å². The minimum Gasteiger partial charge on any atom is -0.406 e. The summed E-state index contributed by atoms with van der Waals surface area (Å²) < 4.78 is 39.3. The molecule has 1 saturated carbocycles. The van der Waals surface area contributed by atoms with Crippen LogP contribution in [0.15, 0.2) is 60.7 Å². The molecular formula is C24H15Cl5F3N3O3. The lowest BCUT2D eigenvalue weighted by Crippen LogP contribution is -2.29. The van der Waals surface area contributed by atoms with E-state index < -0.39 is 40.1 Å². The summed E-state index contributed by atoms with van der Waals surface area (Å²) in [6, 6.07) is 13.7. The Bertz CT molecular complexity index is 1370. The Morgan fingerprint density at radius 2 is 1.47 bits per heavy atom. The second kappa shape index (κ2) is 10.9. The second-order valence-electron chi connectivity index (χ2n) is 8.17. The van der Waals surface area contributed by atoms with Crippen LogP contribution in [0.25, 0.3) is 0 Å². The Hall–Kier alpha value is -2.56. The number of carbonyl (C=O) groups excluding carboxylic acids is 2. The number of carbonyl (C=O) groups is 2. The molecule has 0 aliphatic heterocycles. The molecule has 0 aromatic heterocycles. The van der Waals surface area contributed by atoms with E-state index in [1.165, 1.54) is 30.3 Å². The molecule has 0 spiro atoms. The van der Waals surface area contributed by atoms with E-state index in [1.807, 2.05) is 0 Å². The number of alkyl halides is 5. The fourth-order valence-corrected chi connectivity index (χ4v) is 5.33. The predicted octanol–water partition coefficient (Wildman–Crippen LogP) is 7.83. The molecule has 2 amide bonds. The van der Waals surface area contributed by atoms with Crippen LogP contribution in [0.3, 0.4) is 0 Å². The standard InChI is InChI=1S/C24H15Cl5F3N3O3/c25-12-7-11(8-13(26)9-12)19-20(23(19,28)29)22(37)33-15-3-6-18(27)17(10-15)21(36)35-34-14-1-4-16(5-2-14)38-24(30,31)32/h1-10,19-20,34H,(H,33,37)(H,35,36). The van der Waals surface area contributed by atoms with E-state index in [1.54, 1.807) is 18.2 Å². The Labute approximate surface area is 239 Å². The van der Waals surface area contributed by atoms with Crippen LogP contribution in [0.2, 0.25) is 15.1 Å². The van der Waals surface area contributed by atoms with Gasteiger partial charge in [0.05, 0.1) is 22.2 Å². The topological polar surface area (TPSA) is 79.5 Å². The third-order valence-electron chi connectivity index (χ3n) is 5.47. The zero-order valence-corrected chi connectivity index (χ0v) is 22.5. The highest BCUT2D eigenvalue weighted by Gasteiger charge is 2.67. The van der Waals surface area contributed by atoms with Gasteiger partial charge in [-0.05, 0) is 66.2 Å². The molecular weight excluding hydrogens is 613 g/mol. The van der Waals surface area contributed by atoms with Gasteiger partial charge in [0.1, 0.15) is 10.1 Å². The average Bonchev–Trinajstić information content (AvgIpc) is 3.40. The summed E-state index contributed by atoms with van der Waals surface area (Å²) in [5.41, 5.74) is 6.06. The SMILES string of the molecule is O=C(NNc1ccc(OC(F)(F)F)cc1)c1cc(NC(=O)C2C(c3cc(Cl)cc(Cl)c3)C2(Cl)Cl)ccc1Cl. The number of amides is 2. The van der Waals surface area contributed by atoms with Gasteiger partial charge in [-0.15, -0.1) is 36.4 Å². The van der Waals surface area contributed by atoms with E-state index in [-0.39, 0.29) is 22.0 Å². The van der Waals surface area contributed by atoms with Crippen LogP contribution < -0.4 is 20.9 Å². The third kappa shape index (κ3) is 6.71. The molecule has 0 radical (unpaired) electrons. The fourth-order valence-electron chi connectivity index (χ4n) is 3.76. The van der Waals surface area contributed by atoms with Crippen molar-refractivity contribution in [1.29, 1.82) is 0 Å². The molecule has 38 heavy (non-hydrogen) atoms. The number of benzene rings is 3. The van der Waals surface area contributed by atoms with E-state index in [9.17, 15) is 22.8 Å². The van der Waals surface area contributed by atoms with Crippen molar-refractivity contribution in [2.75, 3.05) is 10.7 Å². The van der Waals surface area contributed by atoms with E-state index >= 15 is 0 Å². The van der Waals surface area contributed by atoms with E-state index in [2.05, 4.69) is 20.9 Å². The summed E-state index contributed by atoms with van der Waals surface area (Å²) in [5.74, 6) is -2.98. The highest BCUT2D eigenvalue weighted by molar-refractivity contribution is 6.53. The van der Waals surface area contributed by atoms with Crippen LogP contribution in [-0.2, 0) is 4.79 Å². The maximum atomic E-state index is 13.0. The lowest BCUT2D eigenvalue weighted by atomic mass is 10.1. The number of anilines is 2. The number of hydrazine groups is 1. The molecule has 200 valence electrons. The normalized spacial score (nSPS) is 17.9. The van der Waals surface area contributed by atoms with Crippen molar-refractivity contribution >= 4 is 81.2 Å².